The number of nitrogens with one attached hydrogen (secondary N) is 1. The SMILES string of the molecule is Cc1n[nH]c(C)c1C(O)=C1C(=O)C(=O)N(CCCN(C)C)[C@@H]1c1ccccc1. The zero-order chi connectivity index (χ0) is 20.4. The second-order valence-corrected chi connectivity index (χ2v) is 7.37. The average molecular weight is 382 g/mol. The Kier molecular flexibility index (Phi) is 5.65. The summed E-state index contributed by atoms with van der Waals surface area (Å²) < 4.78 is 0. The Bertz CT molecular complexity index is 895. The van der Waals surface area contributed by atoms with Gasteiger partial charge in [-0.3, -0.25) is 14.7 Å². The lowest BCUT2D eigenvalue weighted by Crippen LogP contribution is -2.32. The van der Waals surface area contributed by atoms with Gasteiger partial charge in [-0.05, 0) is 46.5 Å². The molecule has 0 aliphatic carbocycles. The maximum Gasteiger partial charge on any atom is 0.295 e. The molecule has 2 heterocycles. The van der Waals surface area contributed by atoms with Crippen LogP contribution in [0.1, 0.15) is 35.0 Å². The maximum absolute atomic E-state index is 12.9. The van der Waals surface area contributed by atoms with Gasteiger partial charge in [-0.2, -0.15) is 5.10 Å². The molecule has 0 bridgehead atoms. The zero-order valence-corrected chi connectivity index (χ0v) is 16.7. The smallest absolute Gasteiger partial charge is 0.295 e. The average Bonchev–Trinajstić information content (AvgIpc) is 3.12. The predicted octanol–water partition coefficient (Wildman–Crippen LogP) is 2.40. The van der Waals surface area contributed by atoms with Gasteiger partial charge in [-0.15, -0.1) is 0 Å². The van der Waals surface area contributed by atoms with Crippen molar-refractivity contribution in [3.05, 3.63) is 58.4 Å². The zero-order valence-electron chi connectivity index (χ0n) is 16.7. The highest BCUT2D eigenvalue weighted by molar-refractivity contribution is 6.46. The number of aromatic amines is 1. The fourth-order valence-electron chi connectivity index (χ4n) is 3.68. The Morgan fingerprint density at radius 2 is 1.89 bits per heavy atom. The number of benzene rings is 1. The van der Waals surface area contributed by atoms with Crippen LogP contribution in [-0.2, 0) is 9.59 Å². The number of carbonyl (C=O) groups is 2. The van der Waals surface area contributed by atoms with E-state index < -0.39 is 17.7 Å². The first-order chi connectivity index (χ1) is 13.3. The molecule has 0 unspecified atom stereocenters. The van der Waals surface area contributed by atoms with Crippen LogP contribution < -0.4 is 0 Å². The third kappa shape index (κ3) is 3.57. The molecule has 1 aromatic carbocycles. The Morgan fingerprint density at radius 3 is 2.46 bits per heavy atom. The van der Waals surface area contributed by atoms with Gasteiger partial charge in [0.25, 0.3) is 11.7 Å². The van der Waals surface area contributed by atoms with Crippen LogP contribution in [0, 0.1) is 13.8 Å². The summed E-state index contributed by atoms with van der Waals surface area (Å²) in [6.07, 6.45) is 0.729. The normalized spacial score (nSPS) is 19.0. The second-order valence-electron chi connectivity index (χ2n) is 7.37. The molecule has 1 fully saturated rings. The molecule has 2 aromatic rings. The minimum Gasteiger partial charge on any atom is -0.507 e. The minimum absolute atomic E-state index is 0.119. The number of aromatic nitrogens is 2. The van der Waals surface area contributed by atoms with Crippen molar-refractivity contribution in [2.75, 3.05) is 27.2 Å². The largest absolute Gasteiger partial charge is 0.507 e. The van der Waals surface area contributed by atoms with Crippen LogP contribution in [0.5, 0.6) is 0 Å². The number of nitrogens with zero attached hydrogens (tertiary/aromatic N) is 3. The molecule has 1 amide bonds. The molecule has 3 rings (SSSR count). The summed E-state index contributed by atoms with van der Waals surface area (Å²) >= 11 is 0. The number of aliphatic hydroxyl groups is 1. The number of hydrogen-bond donors (Lipinski definition) is 2. The van der Waals surface area contributed by atoms with Crippen LogP contribution in [0.3, 0.4) is 0 Å². The molecular formula is C21H26N4O3. The van der Waals surface area contributed by atoms with E-state index >= 15 is 0 Å². The fourth-order valence-corrected chi connectivity index (χ4v) is 3.68. The summed E-state index contributed by atoms with van der Waals surface area (Å²) in [6, 6.07) is 8.74. The topological polar surface area (TPSA) is 89.5 Å². The summed E-state index contributed by atoms with van der Waals surface area (Å²) in [4.78, 5) is 29.3. The fraction of sp³-hybridized carbons (Fsp3) is 0.381. The number of aliphatic hydroxyl groups excluding tert-OH is 1. The molecule has 7 nitrogen and oxygen atoms in total. The molecule has 1 aromatic heterocycles. The van der Waals surface area contributed by atoms with Crippen molar-refractivity contribution >= 4 is 17.4 Å². The Morgan fingerprint density at radius 1 is 1.21 bits per heavy atom. The minimum atomic E-state index is -0.656. The summed E-state index contributed by atoms with van der Waals surface area (Å²) in [5.41, 5.74) is 2.63. The first-order valence-corrected chi connectivity index (χ1v) is 9.33. The van der Waals surface area contributed by atoms with Crippen LogP contribution in [0.2, 0.25) is 0 Å². The highest BCUT2D eigenvalue weighted by Gasteiger charge is 2.46. The predicted molar refractivity (Wildman–Crippen MR) is 107 cm³/mol. The molecule has 0 radical (unpaired) electrons. The summed E-state index contributed by atoms with van der Waals surface area (Å²) in [5.74, 6) is -1.41. The first-order valence-electron chi connectivity index (χ1n) is 9.33. The Hall–Kier alpha value is -2.93. The number of Topliss-reactive ketones (excluding diaryl/α,β-unsaturated/α-hetero) is 1. The van der Waals surface area contributed by atoms with Crippen LogP contribution in [0.15, 0.2) is 35.9 Å². The molecule has 1 atom stereocenters. The third-order valence-corrected chi connectivity index (χ3v) is 5.02. The van der Waals surface area contributed by atoms with Gasteiger partial charge in [0.1, 0.15) is 5.76 Å². The molecule has 1 aliphatic rings. The molecule has 0 spiro atoms. The van der Waals surface area contributed by atoms with Gasteiger partial charge in [-0.1, -0.05) is 30.3 Å². The van der Waals surface area contributed by atoms with Crippen LogP contribution in [0.25, 0.3) is 5.76 Å². The van der Waals surface area contributed by atoms with Crippen molar-refractivity contribution in [2.24, 2.45) is 0 Å². The summed E-state index contributed by atoms with van der Waals surface area (Å²) in [6.45, 7) is 4.76. The van der Waals surface area contributed by atoms with Crippen LogP contribution in [-0.4, -0.2) is 64.0 Å². The second kappa shape index (κ2) is 7.98. The van der Waals surface area contributed by atoms with E-state index in [1.54, 1.807) is 18.7 Å². The number of rotatable bonds is 6. The van der Waals surface area contributed by atoms with E-state index in [0.717, 1.165) is 18.5 Å². The lowest BCUT2D eigenvalue weighted by Gasteiger charge is -2.26. The van der Waals surface area contributed by atoms with Gasteiger partial charge in [0.05, 0.1) is 22.9 Å². The van der Waals surface area contributed by atoms with Crippen molar-refractivity contribution in [3.8, 4) is 0 Å². The van der Waals surface area contributed by atoms with Gasteiger partial charge in [0, 0.05) is 12.2 Å². The molecule has 0 saturated carbocycles. The van der Waals surface area contributed by atoms with Crippen molar-refractivity contribution in [1.82, 2.24) is 20.0 Å². The van der Waals surface area contributed by atoms with Crippen LogP contribution >= 0.6 is 0 Å². The Balaban J connectivity index is 2.10. The molecule has 7 heteroatoms. The standard InChI is InChI=1S/C21H26N4O3/c1-13-16(14(2)23-22-13)19(26)17-18(15-9-6-5-7-10-15)25(21(28)20(17)27)12-8-11-24(3)4/h5-7,9-10,18,26H,8,11-12H2,1-4H3,(H,22,23)/t18-/m1/s1. The summed E-state index contributed by atoms with van der Waals surface area (Å²) in [7, 11) is 3.93. The highest BCUT2D eigenvalue weighted by Crippen LogP contribution is 2.40. The van der Waals surface area contributed by atoms with E-state index in [4.69, 9.17) is 0 Å². The van der Waals surface area contributed by atoms with Crippen molar-refractivity contribution in [1.29, 1.82) is 0 Å². The highest BCUT2D eigenvalue weighted by atomic mass is 16.3. The van der Waals surface area contributed by atoms with E-state index in [-0.39, 0.29) is 11.3 Å². The van der Waals surface area contributed by atoms with Crippen molar-refractivity contribution in [2.45, 2.75) is 26.3 Å². The monoisotopic (exact) mass is 382 g/mol. The number of likely N-dealkylation sites (tertiary alicyclic amines) is 1. The molecule has 1 saturated heterocycles. The van der Waals surface area contributed by atoms with Gasteiger partial charge in [0.2, 0.25) is 0 Å². The lowest BCUT2D eigenvalue weighted by atomic mass is 9.94. The van der Waals surface area contributed by atoms with Gasteiger partial charge < -0.3 is 14.9 Å². The van der Waals surface area contributed by atoms with Crippen molar-refractivity contribution in [3.63, 3.8) is 0 Å². The number of amides is 1. The third-order valence-electron chi connectivity index (χ3n) is 5.02. The number of hydrogen-bond acceptors (Lipinski definition) is 5. The van der Waals surface area contributed by atoms with Crippen LogP contribution in [0.4, 0.5) is 0 Å². The molecule has 28 heavy (non-hydrogen) atoms. The number of aryl methyl sites for hydroxylation is 2. The number of ketones is 1. The van der Waals surface area contributed by atoms with Gasteiger partial charge in [0.15, 0.2) is 0 Å². The first kappa shape index (κ1) is 19.8. The summed E-state index contributed by atoms with van der Waals surface area (Å²) in [5, 5.41) is 18.0. The number of carbonyl (C=O) groups excluding carboxylic acids is 2. The van der Waals surface area contributed by atoms with Crippen molar-refractivity contribution < 1.29 is 14.7 Å². The van der Waals surface area contributed by atoms with Gasteiger partial charge >= 0.3 is 0 Å². The van der Waals surface area contributed by atoms with E-state index in [1.807, 2.05) is 49.3 Å². The lowest BCUT2D eigenvalue weighted by molar-refractivity contribution is -0.139. The number of H-pyrrole nitrogens is 1. The molecular weight excluding hydrogens is 356 g/mol. The molecule has 1 aliphatic heterocycles. The Labute approximate surface area is 164 Å². The van der Waals surface area contributed by atoms with E-state index in [9.17, 15) is 14.7 Å². The maximum atomic E-state index is 12.9. The van der Waals surface area contributed by atoms with E-state index in [0.29, 0.717) is 23.5 Å². The van der Waals surface area contributed by atoms with E-state index in [2.05, 4.69) is 10.2 Å². The van der Waals surface area contributed by atoms with Gasteiger partial charge in [-0.25, -0.2) is 0 Å². The van der Waals surface area contributed by atoms with E-state index in [1.165, 1.54) is 0 Å². The molecule has 2 N–H and O–H groups in total. The quantitative estimate of drug-likeness (QED) is 0.455. The molecule has 148 valence electrons.